The van der Waals surface area contributed by atoms with E-state index in [9.17, 15) is 4.79 Å². The molecule has 1 amide bonds. The van der Waals surface area contributed by atoms with Gasteiger partial charge in [0.05, 0.1) is 12.7 Å². The lowest BCUT2D eigenvalue weighted by atomic mass is 10.1. The topological polar surface area (TPSA) is 64.8 Å². The second kappa shape index (κ2) is 8.44. The molecule has 0 heterocycles. The van der Waals surface area contributed by atoms with Crippen molar-refractivity contribution in [2.24, 2.45) is 11.7 Å². The average molecular weight is 246 g/mol. The molecule has 0 saturated carbocycles. The molecule has 0 spiro atoms. The van der Waals surface area contributed by atoms with E-state index < -0.39 is 6.04 Å². The molecule has 0 bridgehead atoms. The van der Waals surface area contributed by atoms with Gasteiger partial charge >= 0.3 is 0 Å². The molecule has 5 heteroatoms. The van der Waals surface area contributed by atoms with Crippen LogP contribution in [0, 0.1) is 5.92 Å². The van der Waals surface area contributed by atoms with E-state index in [2.05, 4.69) is 0 Å². The first kappa shape index (κ1) is 16.4. The van der Waals surface area contributed by atoms with Crippen LogP contribution in [-0.2, 0) is 14.3 Å². The third-order valence-electron chi connectivity index (χ3n) is 2.84. The molecule has 0 aliphatic carbocycles. The molecule has 0 aromatic rings. The molecule has 5 nitrogen and oxygen atoms in total. The summed E-state index contributed by atoms with van der Waals surface area (Å²) in [5.41, 5.74) is 5.85. The Balaban J connectivity index is 4.39. The van der Waals surface area contributed by atoms with Crippen LogP contribution in [0.15, 0.2) is 0 Å². The molecule has 3 unspecified atom stereocenters. The van der Waals surface area contributed by atoms with Crippen LogP contribution in [0.25, 0.3) is 0 Å². The lowest BCUT2D eigenvalue weighted by molar-refractivity contribution is -0.136. The number of carbonyl (C=O) groups is 1. The number of rotatable bonds is 8. The number of carbonyl (C=O) groups excluding carboxylic acids is 1. The molecule has 3 atom stereocenters. The van der Waals surface area contributed by atoms with Gasteiger partial charge in [0, 0.05) is 27.3 Å². The predicted octanol–water partition coefficient (Wildman–Crippen LogP) is 0.480. The molecule has 0 aliphatic rings. The Morgan fingerprint density at radius 2 is 1.94 bits per heavy atom. The van der Waals surface area contributed by atoms with Crippen molar-refractivity contribution in [3.8, 4) is 0 Å². The van der Waals surface area contributed by atoms with Gasteiger partial charge in [-0.05, 0) is 19.8 Å². The number of amides is 1. The highest BCUT2D eigenvalue weighted by Gasteiger charge is 2.25. The van der Waals surface area contributed by atoms with E-state index in [0.717, 1.165) is 0 Å². The van der Waals surface area contributed by atoms with Gasteiger partial charge in [0.25, 0.3) is 0 Å². The molecule has 17 heavy (non-hydrogen) atoms. The number of hydrogen-bond donors (Lipinski definition) is 1. The minimum atomic E-state index is -0.602. The zero-order valence-electron chi connectivity index (χ0n) is 11.6. The van der Waals surface area contributed by atoms with Crippen molar-refractivity contribution in [3.05, 3.63) is 0 Å². The predicted molar refractivity (Wildman–Crippen MR) is 67.7 cm³/mol. The molecular weight excluding hydrogens is 220 g/mol. The van der Waals surface area contributed by atoms with Crippen molar-refractivity contribution >= 4 is 5.91 Å². The maximum absolute atomic E-state index is 12.1. The zero-order chi connectivity index (χ0) is 13.4. The van der Waals surface area contributed by atoms with Crippen LogP contribution in [0.5, 0.6) is 0 Å². The van der Waals surface area contributed by atoms with Gasteiger partial charge in [0.15, 0.2) is 0 Å². The highest BCUT2D eigenvalue weighted by Crippen LogP contribution is 2.05. The molecule has 0 aromatic carbocycles. The highest BCUT2D eigenvalue weighted by atomic mass is 16.5. The molecule has 0 radical (unpaired) electrons. The number of likely N-dealkylation sites (N-methyl/N-ethyl adjacent to an activating group) is 1. The summed E-state index contributed by atoms with van der Waals surface area (Å²) in [7, 11) is 3.22. The summed E-state index contributed by atoms with van der Waals surface area (Å²) in [5.74, 6) is 0.235. The SMILES string of the molecule is CCN(CC(C)COC)C(=O)C(N)C(C)OC. The molecule has 0 saturated heterocycles. The second-order valence-corrected chi connectivity index (χ2v) is 4.40. The first-order valence-electron chi connectivity index (χ1n) is 6.03. The third kappa shape index (κ3) is 5.48. The standard InChI is InChI=1S/C12H26N2O3/c1-6-14(7-9(2)8-16-4)12(15)11(13)10(3)17-5/h9-11H,6-8,13H2,1-5H3. The van der Waals surface area contributed by atoms with Gasteiger partial charge in [-0.2, -0.15) is 0 Å². The van der Waals surface area contributed by atoms with E-state index in [1.807, 2.05) is 13.8 Å². The van der Waals surface area contributed by atoms with Gasteiger partial charge < -0.3 is 20.1 Å². The fourth-order valence-corrected chi connectivity index (χ4v) is 1.65. The first-order valence-corrected chi connectivity index (χ1v) is 6.03. The average Bonchev–Trinajstić information content (AvgIpc) is 2.33. The number of ether oxygens (including phenoxy) is 2. The van der Waals surface area contributed by atoms with Gasteiger partial charge in [-0.25, -0.2) is 0 Å². The van der Waals surface area contributed by atoms with Crippen molar-refractivity contribution in [2.45, 2.75) is 32.9 Å². The summed E-state index contributed by atoms with van der Waals surface area (Å²) in [4.78, 5) is 13.8. The van der Waals surface area contributed by atoms with Crippen molar-refractivity contribution in [2.75, 3.05) is 33.9 Å². The van der Waals surface area contributed by atoms with Crippen molar-refractivity contribution in [1.29, 1.82) is 0 Å². The van der Waals surface area contributed by atoms with Gasteiger partial charge in [0.1, 0.15) is 6.04 Å². The van der Waals surface area contributed by atoms with Crippen LogP contribution in [0.4, 0.5) is 0 Å². The second-order valence-electron chi connectivity index (χ2n) is 4.40. The Morgan fingerprint density at radius 1 is 1.35 bits per heavy atom. The molecule has 2 N–H and O–H groups in total. The van der Waals surface area contributed by atoms with Crippen LogP contribution < -0.4 is 5.73 Å². The summed E-state index contributed by atoms with van der Waals surface area (Å²) in [6.45, 7) is 7.74. The Hall–Kier alpha value is -0.650. The largest absolute Gasteiger partial charge is 0.384 e. The smallest absolute Gasteiger partial charge is 0.242 e. The van der Waals surface area contributed by atoms with Crippen LogP contribution >= 0.6 is 0 Å². The summed E-state index contributed by atoms with van der Waals surface area (Å²) < 4.78 is 10.1. The summed E-state index contributed by atoms with van der Waals surface area (Å²) in [6.07, 6.45) is -0.269. The summed E-state index contributed by atoms with van der Waals surface area (Å²) in [5, 5.41) is 0. The van der Waals surface area contributed by atoms with E-state index in [4.69, 9.17) is 15.2 Å². The minimum absolute atomic E-state index is 0.0650. The normalized spacial score (nSPS) is 16.4. The van der Waals surface area contributed by atoms with E-state index in [-0.39, 0.29) is 12.0 Å². The summed E-state index contributed by atoms with van der Waals surface area (Å²) >= 11 is 0. The van der Waals surface area contributed by atoms with E-state index in [1.165, 1.54) is 0 Å². The van der Waals surface area contributed by atoms with Crippen molar-refractivity contribution < 1.29 is 14.3 Å². The number of hydrogen-bond acceptors (Lipinski definition) is 4. The zero-order valence-corrected chi connectivity index (χ0v) is 11.6. The van der Waals surface area contributed by atoms with Gasteiger partial charge in [-0.3, -0.25) is 4.79 Å². The third-order valence-corrected chi connectivity index (χ3v) is 2.84. The fourth-order valence-electron chi connectivity index (χ4n) is 1.65. The maximum Gasteiger partial charge on any atom is 0.242 e. The van der Waals surface area contributed by atoms with E-state index in [1.54, 1.807) is 26.0 Å². The molecule has 0 rings (SSSR count). The first-order chi connectivity index (χ1) is 7.97. The number of nitrogens with two attached hydrogens (primary N) is 1. The molecule has 0 aliphatic heterocycles. The van der Waals surface area contributed by atoms with E-state index in [0.29, 0.717) is 25.6 Å². The monoisotopic (exact) mass is 246 g/mol. The Kier molecular flexibility index (Phi) is 8.12. The van der Waals surface area contributed by atoms with Crippen LogP contribution in [-0.4, -0.2) is 56.9 Å². The number of nitrogens with zero attached hydrogens (tertiary/aromatic N) is 1. The van der Waals surface area contributed by atoms with Crippen LogP contribution in [0.2, 0.25) is 0 Å². The molecular formula is C12H26N2O3. The van der Waals surface area contributed by atoms with Crippen LogP contribution in [0.1, 0.15) is 20.8 Å². The van der Waals surface area contributed by atoms with E-state index >= 15 is 0 Å². The maximum atomic E-state index is 12.1. The molecule has 102 valence electrons. The van der Waals surface area contributed by atoms with Crippen molar-refractivity contribution in [1.82, 2.24) is 4.90 Å². The quantitative estimate of drug-likeness (QED) is 0.676. The Labute approximate surface area is 104 Å². The summed E-state index contributed by atoms with van der Waals surface area (Å²) in [6, 6.07) is -0.602. The van der Waals surface area contributed by atoms with Crippen LogP contribution in [0.3, 0.4) is 0 Å². The minimum Gasteiger partial charge on any atom is -0.384 e. The molecule has 0 aromatic heterocycles. The van der Waals surface area contributed by atoms with Gasteiger partial charge in [0.2, 0.25) is 5.91 Å². The van der Waals surface area contributed by atoms with Gasteiger partial charge in [-0.15, -0.1) is 0 Å². The Bertz CT molecular complexity index is 224. The molecule has 0 fully saturated rings. The fraction of sp³-hybridized carbons (Fsp3) is 0.917. The lowest BCUT2D eigenvalue weighted by Crippen LogP contribution is -2.50. The van der Waals surface area contributed by atoms with Gasteiger partial charge in [-0.1, -0.05) is 6.92 Å². The van der Waals surface area contributed by atoms with Crippen molar-refractivity contribution in [3.63, 3.8) is 0 Å². The number of methoxy groups -OCH3 is 2. The lowest BCUT2D eigenvalue weighted by Gasteiger charge is -2.28. The highest BCUT2D eigenvalue weighted by molar-refractivity contribution is 5.82. The Morgan fingerprint density at radius 3 is 2.35 bits per heavy atom.